The first-order valence-corrected chi connectivity index (χ1v) is 4.77. The van der Waals surface area contributed by atoms with Crippen LogP contribution in [0.3, 0.4) is 0 Å². The van der Waals surface area contributed by atoms with Crippen LogP contribution in [-0.2, 0) is 0 Å². The molecule has 0 unspecified atom stereocenters. The first-order valence-electron chi connectivity index (χ1n) is 3.48. The highest BCUT2D eigenvalue weighted by molar-refractivity contribution is 7.99. The van der Waals surface area contributed by atoms with E-state index in [0.29, 0.717) is 11.9 Å². The van der Waals surface area contributed by atoms with Crippen LogP contribution in [0, 0.1) is 0 Å². The van der Waals surface area contributed by atoms with Crippen LogP contribution in [0.1, 0.15) is 26.2 Å². The van der Waals surface area contributed by atoms with Crippen LogP contribution < -0.4 is 0 Å². The minimum Gasteiger partial charge on any atom is -0.396 e. The molecule has 0 heterocycles. The smallest absolute Gasteiger partial charge is 0.0441 e. The molecule has 0 bridgehead atoms. The maximum Gasteiger partial charge on any atom is 0.0441 e. The summed E-state index contributed by atoms with van der Waals surface area (Å²) in [6.07, 6.45) is 5.53. The Morgan fingerprint density at radius 1 is 1.44 bits per heavy atom. The van der Waals surface area contributed by atoms with E-state index < -0.39 is 0 Å². The van der Waals surface area contributed by atoms with Gasteiger partial charge in [-0.15, -0.1) is 0 Å². The van der Waals surface area contributed by atoms with Gasteiger partial charge in [0.05, 0.1) is 0 Å². The standard InChI is InChI=1S/C7H16OS/c1-3-4-7(9-2)5-6-8/h7-8H,3-6H2,1-2H3/t7-/m0/s1. The van der Waals surface area contributed by atoms with Crippen molar-refractivity contribution in [1.29, 1.82) is 0 Å². The Morgan fingerprint density at radius 3 is 2.44 bits per heavy atom. The Morgan fingerprint density at radius 2 is 2.11 bits per heavy atom. The lowest BCUT2D eigenvalue weighted by Gasteiger charge is -2.09. The van der Waals surface area contributed by atoms with Crippen LogP contribution in [0.5, 0.6) is 0 Å². The maximum absolute atomic E-state index is 8.58. The van der Waals surface area contributed by atoms with Crippen molar-refractivity contribution in [3.63, 3.8) is 0 Å². The van der Waals surface area contributed by atoms with Crippen LogP contribution >= 0.6 is 11.8 Å². The zero-order valence-corrected chi connectivity index (χ0v) is 7.08. The molecular weight excluding hydrogens is 132 g/mol. The van der Waals surface area contributed by atoms with Crippen molar-refractivity contribution in [2.75, 3.05) is 12.9 Å². The summed E-state index contributed by atoms with van der Waals surface area (Å²) >= 11 is 1.86. The van der Waals surface area contributed by atoms with Gasteiger partial charge in [-0.25, -0.2) is 0 Å². The van der Waals surface area contributed by atoms with Crippen molar-refractivity contribution >= 4 is 11.8 Å². The lowest BCUT2D eigenvalue weighted by atomic mass is 10.2. The van der Waals surface area contributed by atoms with Crippen LogP contribution in [-0.4, -0.2) is 23.2 Å². The van der Waals surface area contributed by atoms with E-state index in [0.717, 1.165) is 6.42 Å². The molecule has 0 aromatic rings. The predicted octanol–water partition coefficient (Wildman–Crippen LogP) is 1.90. The van der Waals surface area contributed by atoms with Crippen molar-refractivity contribution < 1.29 is 5.11 Å². The number of aliphatic hydroxyl groups is 1. The van der Waals surface area contributed by atoms with Gasteiger partial charge in [0.15, 0.2) is 0 Å². The molecule has 0 spiro atoms. The zero-order chi connectivity index (χ0) is 7.11. The molecule has 0 aliphatic carbocycles. The molecule has 0 aliphatic rings. The second-order valence-corrected chi connectivity index (χ2v) is 3.30. The van der Waals surface area contributed by atoms with E-state index in [9.17, 15) is 0 Å². The average Bonchev–Trinajstić information content (AvgIpc) is 1.88. The molecule has 0 saturated carbocycles. The van der Waals surface area contributed by atoms with Crippen LogP contribution in [0.4, 0.5) is 0 Å². The van der Waals surface area contributed by atoms with E-state index in [1.807, 2.05) is 11.8 Å². The van der Waals surface area contributed by atoms with Crippen molar-refractivity contribution in [2.24, 2.45) is 0 Å². The number of rotatable bonds is 5. The van der Waals surface area contributed by atoms with Crippen LogP contribution in [0.25, 0.3) is 0 Å². The van der Waals surface area contributed by atoms with Crippen molar-refractivity contribution in [3.05, 3.63) is 0 Å². The molecule has 1 N–H and O–H groups in total. The topological polar surface area (TPSA) is 20.2 Å². The largest absolute Gasteiger partial charge is 0.396 e. The van der Waals surface area contributed by atoms with Gasteiger partial charge in [0.1, 0.15) is 0 Å². The number of hydrogen-bond donors (Lipinski definition) is 1. The van der Waals surface area contributed by atoms with Gasteiger partial charge in [0.25, 0.3) is 0 Å². The highest BCUT2D eigenvalue weighted by atomic mass is 32.2. The van der Waals surface area contributed by atoms with Gasteiger partial charge in [-0.2, -0.15) is 11.8 Å². The number of aliphatic hydroxyl groups excluding tert-OH is 1. The molecule has 9 heavy (non-hydrogen) atoms. The maximum atomic E-state index is 8.58. The van der Waals surface area contributed by atoms with Gasteiger partial charge in [-0.05, 0) is 19.1 Å². The Bertz CT molecular complexity index is 50.9. The van der Waals surface area contributed by atoms with Gasteiger partial charge in [0, 0.05) is 11.9 Å². The third-order valence-electron chi connectivity index (χ3n) is 1.40. The molecule has 0 fully saturated rings. The Balaban J connectivity index is 3.18. The van der Waals surface area contributed by atoms with E-state index >= 15 is 0 Å². The van der Waals surface area contributed by atoms with E-state index in [1.165, 1.54) is 12.8 Å². The summed E-state index contributed by atoms with van der Waals surface area (Å²) in [5.41, 5.74) is 0. The lowest BCUT2D eigenvalue weighted by molar-refractivity contribution is 0.285. The lowest BCUT2D eigenvalue weighted by Crippen LogP contribution is -2.03. The van der Waals surface area contributed by atoms with E-state index in [-0.39, 0.29) is 0 Å². The molecule has 0 aromatic carbocycles. The normalized spacial score (nSPS) is 13.7. The van der Waals surface area contributed by atoms with Gasteiger partial charge in [-0.1, -0.05) is 13.3 Å². The first kappa shape index (κ1) is 9.31. The molecule has 0 aromatic heterocycles. The third-order valence-corrected chi connectivity index (χ3v) is 2.53. The van der Waals surface area contributed by atoms with Gasteiger partial charge >= 0.3 is 0 Å². The molecular formula is C7H16OS. The predicted molar refractivity (Wildman–Crippen MR) is 43.9 cm³/mol. The summed E-state index contributed by atoms with van der Waals surface area (Å²) in [5.74, 6) is 0. The molecule has 0 aliphatic heterocycles. The molecule has 1 atom stereocenters. The minimum absolute atomic E-state index is 0.339. The molecule has 56 valence electrons. The fourth-order valence-electron chi connectivity index (χ4n) is 0.846. The summed E-state index contributed by atoms with van der Waals surface area (Å²) in [5, 5.41) is 9.26. The fourth-order valence-corrected chi connectivity index (χ4v) is 1.66. The number of thioether (sulfide) groups is 1. The second kappa shape index (κ2) is 6.43. The summed E-state index contributed by atoms with van der Waals surface area (Å²) in [6, 6.07) is 0. The summed E-state index contributed by atoms with van der Waals surface area (Å²) < 4.78 is 0. The molecule has 2 heteroatoms. The highest BCUT2D eigenvalue weighted by Gasteiger charge is 2.02. The van der Waals surface area contributed by atoms with Crippen molar-refractivity contribution in [2.45, 2.75) is 31.4 Å². The average molecular weight is 148 g/mol. The van der Waals surface area contributed by atoms with Gasteiger partial charge < -0.3 is 5.11 Å². The zero-order valence-electron chi connectivity index (χ0n) is 6.26. The number of hydrogen-bond acceptors (Lipinski definition) is 2. The van der Waals surface area contributed by atoms with E-state index in [2.05, 4.69) is 13.2 Å². The molecule has 0 saturated heterocycles. The molecule has 1 nitrogen and oxygen atoms in total. The monoisotopic (exact) mass is 148 g/mol. The second-order valence-electron chi connectivity index (χ2n) is 2.16. The Labute approximate surface area is 61.8 Å². The first-order chi connectivity index (χ1) is 4.35. The van der Waals surface area contributed by atoms with Crippen molar-refractivity contribution in [1.82, 2.24) is 0 Å². The Kier molecular flexibility index (Phi) is 6.65. The molecule has 0 radical (unpaired) electrons. The van der Waals surface area contributed by atoms with E-state index in [4.69, 9.17) is 5.11 Å². The van der Waals surface area contributed by atoms with Crippen LogP contribution in [0.2, 0.25) is 0 Å². The van der Waals surface area contributed by atoms with Gasteiger partial charge in [0.2, 0.25) is 0 Å². The summed E-state index contributed by atoms with van der Waals surface area (Å²) in [6.45, 7) is 2.52. The third kappa shape index (κ3) is 4.79. The van der Waals surface area contributed by atoms with Crippen molar-refractivity contribution in [3.8, 4) is 0 Å². The van der Waals surface area contributed by atoms with Gasteiger partial charge in [-0.3, -0.25) is 0 Å². The fraction of sp³-hybridized carbons (Fsp3) is 1.00. The summed E-state index contributed by atoms with van der Waals surface area (Å²) in [7, 11) is 0. The Hall–Kier alpha value is 0.310. The molecule has 0 amide bonds. The minimum atomic E-state index is 0.339. The summed E-state index contributed by atoms with van der Waals surface area (Å²) in [4.78, 5) is 0. The molecule has 0 rings (SSSR count). The highest BCUT2D eigenvalue weighted by Crippen LogP contribution is 2.15. The quantitative estimate of drug-likeness (QED) is 0.642. The van der Waals surface area contributed by atoms with E-state index in [1.54, 1.807) is 0 Å². The SMILES string of the molecule is CCC[C@@H](CCO)SC. The van der Waals surface area contributed by atoms with Crippen LogP contribution in [0.15, 0.2) is 0 Å².